The molecular weight excluding hydrogens is 254 g/mol. The van der Waals surface area contributed by atoms with Gasteiger partial charge in [0.1, 0.15) is 0 Å². The monoisotopic (exact) mass is 275 g/mol. The smallest absolute Gasteiger partial charge is 0.222 e. The Bertz CT molecular complexity index is 196. The second kappa shape index (κ2) is 7.26. The van der Waals surface area contributed by atoms with Gasteiger partial charge in [-0.25, -0.2) is 0 Å². The average molecular weight is 276 g/mol. The van der Waals surface area contributed by atoms with Crippen molar-refractivity contribution in [2.24, 2.45) is 5.92 Å². The van der Waals surface area contributed by atoms with Crippen LogP contribution in [0.5, 0.6) is 0 Å². The highest BCUT2D eigenvalue weighted by molar-refractivity contribution is 9.09. The highest BCUT2D eigenvalue weighted by Gasteiger charge is 2.24. The number of likely N-dealkylation sites (tertiary alicyclic amines) is 1. The van der Waals surface area contributed by atoms with Gasteiger partial charge >= 0.3 is 0 Å². The number of hydrogen-bond donors (Lipinski definition) is 0. The third kappa shape index (κ3) is 4.54. The quantitative estimate of drug-likeness (QED) is 0.539. The molecule has 1 heterocycles. The molecule has 1 unspecified atom stereocenters. The van der Waals surface area contributed by atoms with Crippen molar-refractivity contribution >= 4 is 21.8 Å². The zero-order chi connectivity index (χ0) is 11.1. The molecule has 1 amide bonds. The van der Waals surface area contributed by atoms with Gasteiger partial charge < -0.3 is 4.90 Å². The van der Waals surface area contributed by atoms with E-state index in [1.165, 1.54) is 25.7 Å². The van der Waals surface area contributed by atoms with Crippen molar-refractivity contribution in [2.45, 2.75) is 45.4 Å². The van der Waals surface area contributed by atoms with Gasteiger partial charge in [-0.3, -0.25) is 4.79 Å². The third-order valence-corrected chi connectivity index (χ3v) is 4.02. The number of amides is 1. The van der Waals surface area contributed by atoms with Crippen molar-refractivity contribution in [2.75, 3.05) is 18.4 Å². The van der Waals surface area contributed by atoms with Crippen LogP contribution in [0.25, 0.3) is 0 Å². The molecule has 0 aromatic rings. The number of nitrogens with zero attached hydrogens (tertiary/aromatic N) is 1. The van der Waals surface area contributed by atoms with Crippen LogP contribution in [0.1, 0.15) is 45.4 Å². The Morgan fingerprint density at radius 1 is 1.40 bits per heavy atom. The predicted octanol–water partition coefficient (Wildman–Crippen LogP) is 3.20. The molecule has 1 aliphatic rings. The number of halogens is 1. The molecule has 3 heteroatoms. The molecule has 1 atom stereocenters. The van der Waals surface area contributed by atoms with E-state index in [4.69, 9.17) is 0 Å². The summed E-state index contributed by atoms with van der Waals surface area (Å²) < 4.78 is 0. The van der Waals surface area contributed by atoms with E-state index in [9.17, 15) is 4.79 Å². The number of carbonyl (C=O) groups excluding carboxylic acids is 1. The fourth-order valence-corrected chi connectivity index (χ4v) is 2.57. The molecule has 2 nitrogen and oxygen atoms in total. The maximum absolute atomic E-state index is 11.8. The summed E-state index contributed by atoms with van der Waals surface area (Å²) in [5, 5.41) is 1.03. The van der Waals surface area contributed by atoms with Crippen LogP contribution in [0, 0.1) is 5.92 Å². The molecule has 0 saturated carbocycles. The maximum Gasteiger partial charge on any atom is 0.222 e. The van der Waals surface area contributed by atoms with Gasteiger partial charge in [0.05, 0.1) is 0 Å². The number of rotatable bonds is 6. The minimum absolute atomic E-state index is 0.370. The lowest BCUT2D eigenvalue weighted by Crippen LogP contribution is -2.28. The fraction of sp³-hybridized carbons (Fsp3) is 0.917. The van der Waals surface area contributed by atoms with Gasteiger partial charge in [0.2, 0.25) is 5.91 Å². The highest BCUT2D eigenvalue weighted by Crippen LogP contribution is 2.19. The zero-order valence-corrected chi connectivity index (χ0v) is 11.3. The van der Waals surface area contributed by atoms with Crippen LogP contribution >= 0.6 is 15.9 Å². The van der Waals surface area contributed by atoms with Crippen molar-refractivity contribution < 1.29 is 4.79 Å². The molecule has 88 valence electrons. The average Bonchev–Trinajstić information content (AvgIpc) is 2.72. The molecule has 1 saturated heterocycles. The van der Waals surface area contributed by atoms with E-state index in [0.717, 1.165) is 31.3 Å². The van der Waals surface area contributed by atoms with Gasteiger partial charge in [-0.2, -0.15) is 0 Å². The molecule has 1 fully saturated rings. The van der Waals surface area contributed by atoms with E-state index in [1.54, 1.807) is 0 Å². The van der Waals surface area contributed by atoms with Crippen LogP contribution in [0.3, 0.4) is 0 Å². The molecule has 0 bridgehead atoms. The number of carbonyl (C=O) groups is 1. The summed E-state index contributed by atoms with van der Waals surface area (Å²) in [7, 11) is 0. The summed E-state index contributed by atoms with van der Waals surface area (Å²) >= 11 is 3.49. The molecule has 0 spiro atoms. The molecule has 0 N–H and O–H groups in total. The summed E-state index contributed by atoms with van der Waals surface area (Å²) in [5.41, 5.74) is 0. The summed E-state index contributed by atoms with van der Waals surface area (Å²) in [6.45, 7) is 4.14. The largest absolute Gasteiger partial charge is 0.342 e. The van der Waals surface area contributed by atoms with Crippen molar-refractivity contribution in [1.82, 2.24) is 4.90 Å². The Balaban J connectivity index is 2.12. The molecular formula is C12H22BrNO. The lowest BCUT2D eigenvalue weighted by Gasteiger charge is -2.15. The normalized spacial score (nSPS) is 20.9. The van der Waals surface area contributed by atoms with Gasteiger partial charge in [-0.15, -0.1) is 0 Å². The van der Waals surface area contributed by atoms with E-state index < -0.39 is 0 Å². The second-order valence-corrected chi connectivity index (χ2v) is 5.11. The van der Waals surface area contributed by atoms with Crippen LogP contribution in [-0.2, 0) is 4.79 Å². The first-order chi connectivity index (χ1) is 7.27. The summed E-state index contributed by atoms with van der Waals surface area (Å²) in [6.07, 6.45) is 6.71. The Morgan fingerprint density at radius 2 is 2.20 bits per heavy atom. The minimum atomic E-state index is 0.370. The van der Waals surface area contributed by atoms with E-state index in [1.807, 2.05) is 4.90 Å². The topological polar surface area (TPSA) is 20.3 Å². The Labute approximate surface area is 102 Å². The van der Waals surface area contributed by atoms with E-state index in [2.05, 4.69) is 22.9 Å². The van der Waals surface area contributed by atoms with Crippen molar-refractivity contribution in [3.05, 3.63) is 0 Å². The first-order valence-corrected chi connectivity index (χ1v) is 7.23. The standard InChI is InChI=1S/C12H22BrNO/c1-2-3-4-5-6-12(15)14-8-7-11(9-13)10-14/h11H,2-10H2,1H3. The first kappa shape index (κ1) is 13.0. The lowest BCUT2D eigenvalue weighted by atomic mass is 10.1. The van der Waals surface area contributed by atoms with E-state index >= 15 is 0 Å². The Kier molecular flexibility index (Phi) is 6.30. The summed E-state index contributed by atoms with van der Waals surface area (Å²) in [5.74, 6) is 1.05. The molecule has 15 heavy (non-hydrogen) atoms. The molecule has 0 aliphatic carbocycles. The lowest BCUT2D eigenvalue weighted by molar-refractivity contribution is -0.130. The summed E-state index contributed by atoms with van der Waals surface area (Å²) in [6, 6.07) is 0. The van der Waals surface area contributed by atoms with Gasteiger partial charge in [-0.1, -0.05) is 42.1 Å². The SMILES string of the molecule is CCCCCCC(=O)N1CCC(CBr)C1. The number of alkyl halides is 1. The van der Waals surface area contributed by atoms with E-state index in [-0.39, 0.29) is 0 Å². The molecule has 0 aromatic heterocycles. The molecule has 1 rings (SSSR count). The van der Waals surface area contributed by atoms with Crippen LogP contribution in [0.15, 0.2) is 0 Å². The van der Waals surface area contributed by atoms with Gasteiger partial charge in [-0.05, 0) is 18.8 Å². The first-order valence-electron chi connectivity index (χ1n) is 6.11. The zero-order valence-electron chi connectivity index (χ0n) is 9.67. The number of unbranched alkanes of at least 4 members (excludes halogenated alkanes) is 3. The van der Waals surface area contributed by atoms with Crippen LogP contribution < -0.4 is 0 Å². The predicted molar refractivity (Wildman–Crippen MR) is 67.2 cm³/mol. The Morgan fingerprint density at radius 3 is 2.80 bits per heavy atom. The Hall–Kier alpha value is -0.0500. The maximum atomic E-state index is 11.8. The molecule has 0 radical (unpaired) electrons. The fourth-order valence-electron chi connectivity index (χ4n) is 2.05. The van der Waals surface area contributed by atoms with Crippen molar-refractivity contribution in [1.29, 1.82) is 0 Å². The van der Waals surface area contributed by atoms with Crippen LogP contribution in [-0.4, -0.2) is 29.2 Å². The van der Waals surface area contributed by atoms with E-state index in [0.29, 0.717) is 11.8 Å². The van der Waals surface area contributed by atoms with Gasteiger partial charge in [0.25, 0.3) is 0 Å². The van der Waals surface area contributed by atoms with Crippen molar-refractivity contribution in [3.8, 4) is 0 Å². The minimum Gasteiger partial charge on any atom is -0.342 e. The third-order valence-electron chi connectivity index (χ3n) is 3.10. The van der Waals surface area contributed by atoms with Gasteiger partial charge in [0, 0.05) is 24.8 Å². The van der Waals surface area contributed by atoms with Crippen LogP contribution in [0.2, 0.25) is 0 Å². The van der Waals surface area contributed by atoms with Gasteiger partial charge in [0.15, 0.2) is 0 Å². The molecule has 0 aromatic carbocycles. The summed E-state index contributed by atoms with van der Waals surface area (Å²) in [4.78, 5) is 13.8. The number of hydrogen-bond acceptors (Lipinski definition) is 1. The molecule has 1 aliphatic heterocycles. The van der Waals surface area contributed by atoms with Crippen LogP contribution in [0.4, 0.5) is 0 Å². The van der Waals surface area contributed by atoms with Crippen molar-refractivity contribution in [3.63, 3.8) is 0 Å². The highest BCUT2D eigenvalue weighted by atomic mass is 79.9. The second-order valence-electron chi connectivity index (χ2n) is 4.46.